The zero-order valence-corrected chi connectivity index (χ0v) is 26.4. The number of hydrogen-bond donors (Lipinski definition) is 1. The van der Waals surface area contributed by atoms with Gasteiger partial charge in [-0.25, -0.2) is 0 Å². The highest BCUT2D eigenvalue weighted by atomic mass is 16.5. The van der Waals surface area contributed by atoms with Crippen LogP contribution in [-0.4, -0.2) is 64.3 Å². The highest BCUT2D eigenvalue weighted by Crippen LogP contribution is 2.51. The molecule has 0 aromatic heterocycles. The van der Waals surface area contributed by atoms with E-state index in [-0.39, 0.29) is 11.8 Å². The summed E-state index contributed by atoms with van der Waals surface area (Å²) in [6.07, 6.45) is 2.94. The molecule has 8 nitrogen and oxygen atoms in total. The maximum atomic E-state index is 11.1. The van der Waals surface area contributed by atoms with E-state index in [1.165, 1.54) is 5.56 Å². The van der Waals surface area contributed by atoms with E-state index in [9.17, 15) is 5.11 Å². The molecule has 1 atom stereocenters. The Bertz CT molecular complexity index is 1830. The van der Waals surface area contributed by atoms with E-state index >= 15 is 0 Å². The van der Waals surface area contributed by atoms with Gasteiger partial charge >= 0.3 is 0 Å². The maximum Gasteiger partial charge on any atom is 0.204 e. The van der Waals surface area contributed by atoms with Crippen molar-refractivity contribution in [1.29, 1.82) is 0 Å². The number of phenols is 1. The summed E-state index contributed by atoms with van der Waals surface area (Å²) in [7, 11) is 8.78. The van der Waals surface area contributed by atoms with Crippen LogP contribution in [0.3, 0.4) is 0 Å². The second-order valence-corrected chi connectivity index (χ2v) is 11.9. The molecule has 0 amide bonds. The lowest BCUT2D eigenvalue weighted by Gasteiger charge is -2.37. The predicted molar refractivity (Wildman–Crippen MR) is 174 cm³/mol. The fourth-order valence-electron chi connectivity index (χ4n) is 7.02. The molecule has 6 bridgehead atoms. The number of ether oxygens (including phenoxy) is 5. The molecule has 0 aliphatic carbocycles. The normalized spacial score (nSPS) is 17.0. The standard InChI is InChI=1S/C37H38N2O6/c1-39-13-11-24-19-34(43-4)36(44-5)37-35(24)29(39)17-22-6-8-30(40)26(14-22)27-15-21(7-9-31(27)41-2)16-28-25-20-33(45-37)32(42-3)18-23(25)10-12-38-28/h6-9,14-15,18-20,29,40H,10-13,16-17H2,1-5H3. The first-order valence-electron chi connectivity index (χ1n) is 15.3. The van der Waals surface area contributed by atoms with Crippen LogP contribution >= 0.6 is 0 Å². The van der Waals surface area contributed by atoms with E-state index in [2.05, 4.69) is 48.3 Å². The summed E-state index contributed by atoms with van der Waals surface area (Å²) in [5.41, 5.74) is 9.12. The van der Waals surface area contributed by atoms with Crippen LogP contribution < -0.4 is 23.7 Å². The molecule has 0 saturated heterocycles. The van der Waals surface area contributed by atoms with Crippen LogP contribution in [0, 0.1) is 0 Å². The molecule has 0 fully saturated rings. The third-order valence-electron chi connectivity index (χ3n) is 9.36. The highest BCUT2D eigenvalue weighted by molar-refractivity contribution is 6.04. The quantitative estimate of drug-likeness (QED) is 0.282. The van der Waals surface area contributed by atoms with E-state index < -0.39 is 0 Å². The first kappa shape index (κ1) is 29.0. The van der Waals surface area contributed by atoms with Crippen molar-refractivity contribution >= 4 is 5.71 Å². The van der Waals surface area contributed by atoms with Gasteiger partial charge < -0.3 is 28.8 Å². The molecule has 1 unspecified atom stereocenters. The van der Waals surface area contributed by atoms with Gasteiger partial charge in [-0.15, -0.1) is 0 Å². The zero-order valence-electron chi connectivity index (χ0n) is 26.4. The molecule has 3 aliphatic rings. The summed E-state index contributed by atoms with van der Waals surface area (Å²) in [6, 6.07) is 18.2. The molecule has 0 spiro atoms. The molecule has 8 heteroatoms. The third-order valence-corrected chi connectivity index (χ3v) is 9.36. The molecule has 1 N–H and O–H groups in total. The van der Waals surface area contributed by atoms with Crippen molar-refractivity contribution < 1.29 is 28.8 Å². The number of aliphatic imine (C=N–C) groups is 1. The van der Waals surface area contributed by atoms with Crippen LogP contribution in [0.1, 0.15) is 39.4 Å². The van der Waals surface area contributed by atoms with Crippen LogP contribution in [0.25, 0.3) is 11.1 Å². The van der Waals surface area contributed by atoms with Crippen molar-refractivity contribution in [3.8, 4) is 51.4 Å². The predicted octanol–water partition coefficient (Wildman–Crippen LogP) is 6.56. The minimum atomic E-state index is -0.0390. The molecule has 4 aromatic rings. The Hall–Kier alpha value is -4.69. The molecule has 45 heavy (non-hydrogen) atoms. The monoisotopic (exact) mass is 606 g/mol. The van der Waals surface area contributed by atoms with E-state index in [0.29, 0.717) is 53.9 Å². The van der Waals surface area contributed by atoms with Gasteiger partial charge in [-0.1, -0.05) is 12.1 Å². The topological polar surface area (TPSA) is 82.0 Å². The maximum absolute atomic E-state index is 11.1. The van der Waals surface area contributed by atoms with Crippen molar-refractivity contribution in [2.45, 2.75) is 31.7 Å². The number of likely N-dealkylation sites (N-methyl/N-ethyl adjacent to an activating group) is 1. The van der Waals surface area contributed by atoms with Crippen molar-refractivity contribution in [3.63, 3.8) is 0 Å². The number of rotatable bonds is 4. The minimum Gasteiger partial charge on any atom is -0.507 e. The second-order valence-electron chi connectivity index (χ2n) is 11.9. The number of aromatic hydroxyl groups is 1. The second kappa shape index (κ2) is 11.7. The van der Waals surface area contributed by atoms with Crippen molar-refractivity contribution in [1.82, 2.24) is 4.90 Å². The third kappa shape index (κ3) is 5.03. The lowest BCUT2D eigenvalue weighted by Crippen LogP contribution is -2.34. The fourth-order valence-corrected chi connectivity index (χ4v) is 7.02. The molecule has 3 heterocycles. The smallest absolute Gasteiger partial charge is 0.204 e. The largest absolute Gasteiger partial charge is 0.507 e. The van der Waals surface area contributed by atoms with Gasteiger partial charge in [0.15, 0.2) is 23.0 Å². The van der Waals surface area contributed by atoms with Crippen LogP contribution in [0.5, 0.6) is 40.2 Å². The average Bonchev–Trinajstić information content (AvgIpc) is 3.06. The van der Waals surface area contributed by atoms with Crippen LogP contribution in [0.15, 0.2) is 59.6 Å². The first-order chi connectivity index (χ1) is 21.9. The van der Waals surface area contributed by atoms with Gasteiger partial charge in [-0.2, -0.15) is 0 Å². The van der Waals surface area contributed by atoms with Gasteiger partial charge in [0.25, 0.3) is 0 Å². The minimum absolute atomic E-state index is 0.0390. The summed E-state index contributed by atoms with van der Waals surface area (Å²) >= 11 is 0. The van der Waals surface area contributed by atoms with Crippen LogP contribution in [0.4, 0.5) is 0 Å². The van der Waals surface area contributed by atoms with E-state index in [4.69, 9.17) is 28.7 Å². The lowest BCUT2D eigenvalue weighted by atomic mass is 9.86. The molecule has 7 rings (SSSR count). The molecular formula is C37H38N2O6. The van der Waals surface area contributed by atoms with Gasteiger partial charge in [-0.05, 0) is 91.0 Å². The van der Waals surface area contributed by atoms with Gasteiger partial charge in [0.1, 0.15) is 11.5 Å². The Labute approximate surface area is 263 Å². The summed E-state index contributed by atoms with van der Waals surface area (Å²) in [5.74, 6) is 3.96. The summed E-state index contributed by atoms with van der Waals surface area (Å²) in [4.78, 5) is 7.34. The Morgan fingerprint density at radius 3 is 2.31 bits per heavy atom. The van der Waals surface area contributed by atoms with Crippen molar-refractivity contribution in [2.75, 3.05) is 48.6 Å². The Kier molecular flexibility index (Phi) is 7.53. The van der Waals surface area contributed by atoms with Crippen molar-refractivity contribution in [2.24, 2.45) is 4.99 Å². The van der Waals surface area contributed by atoms with Crippen LogP contribution in [-0.2, 0) is 25.7 Å². The first-order valence-corrected chi connectivity index (χ1v) is 15.3. The molecule has 4 aromatic carbocycles. The summed E-state index contributed by atoms with van der Waals surface area (Å²) in [6.45, 7) is 1.57. The number of benzene rings is 4. The number of nitrogens with zero attached hydrogens (tertiary/aromatic N) is 2. The zero-order chi connectivity index (χ0) is 31.2. The fraction of sp³-hybridized carbons (Fsp3) is 0.324. The summed E-state index contributed by atoms with van der Waals surface area (Å²) < 4.78 is 30.5. The molecule has 232 valence electrons. The average molecular weight is 607 g/mol. The van der Waals surface area contributed by atoms with E-state index in [1.807, 2.05) is 12.1 Å². The number of methoxy groups -OCH3 is 4. The van der Waals surface area contributed by atoms with E-state index in [0.717, 1.165) is 64.0 Å². The number of phenolic OH excluding ortho intramolecular Hbond substituents is 1. The Morgan fingerprint density at radius 2 is 1.53 bits per heavy atom. The Balaban J connectivity index is 1.52. The van der Waals surface area contributed by atoms with Gasteiger partial charge in [0.2, 0.25) is 5.75 Å². The molecular weight excluding hydrogens is 568 g/mol. The molecule has 3 aliphatic heterocycles. The molecule has 0 radical (unpaired) electrons. The Morgan fingerprint density at radius 1 is 0.778 bits per heavy atom. The SMILES string of the molecule is COc1cc2c3cc1Oc1c(OC)c(OC)cc4c1C(Cc1ccc(O)c(c1)-c1cc(ccc1OC)CC3=NCC2)N(C)CC4. The van der Waals surface area contributed by atoms with Gasteiger partial charge in [-0.3, -0.25) is 9.89 Å². The highest BCUT2D eigenvalue weighted by Gasteiger charge is 2.34. The number of hydrogen-bond acceptors (Lipinski definition) is 8. The lowest BCUT2D eigenvalue weighted by molar-refractivity contribution is 0.221. The van der Waals surface area contributed by atoms with Crippen LogP contribution in [0.2, 0.25) is 0 Å². The van der Waals surface area contributed by atoms with Crippen molar-refractivity contribution in [3.05, 3.63) is 88.0 Å². The van der Waals surface area contributed by atoms with E-state index in [1.54, 1.807) is 34.5 Å². The molecule has 0 saturated carbocycles. The van der Waals surface area contributed by atoms with Gasteiger partial charge in [0, 0.05) is 53.5 Å². The summed E-state index contributed by atoms with van der Waals surface area (Å²) in [5, 5.41) is 11.1. The van der Waals surface area contributed by atoms with Gasteiger partial charge in [0.05, 0.1) is 28.4 Å². The number of fused-ring (bicyclic) bond motifs is 6.